The first-order chi connectivity index (χ1) is 20.3. The number of esters is 1. The Balaban J connectivity index is 1.89. The van der Waals surface area contributed by atoms with Crippen molar-refractivity contribution in [3.05, 3.63) is 141 Å². The van der Waals surface area contributed by atoms with Gasteiger partial charge in [-0.3, -0.25) is 9.59 Å². The quantitative estimate of drug-likeness (QED) is 0.174. The van der Waals surface area contributed by atoms with Crippen LogP contribution in [0.25, 0.3) is 0 Å². The van der Waals surface area contributed by atoms with Crippen molar-refractivity contribution in [1.29, 1.82) is 5.26 Å². The van der Waals surface area contributed by atoms with E-state index in [9.17, 15) is 20.0 Å². The van der Waals surface area contributed by atoms with E-state index in [1.54, 1.807) is 110 Å². The normalized spacial score (nSPS) is 25.3. The second-order valence-corrected chi connectivity index (χ2v) is 11.4. The number of benzene rings is 4. The second-order valence-electron chi connectivity index (χ2n) is 10.5. The van der Waals surface area contributed by atoms with Crippen molar-refractivity contribution in [3.63, 3.8) is 0 Å². The monoisotopic (exact) mass is 597 g/mol. The minimum Gasteiger partial charge on any atom is -0.465 e. The highest BCUT2D eigenvalue weighted by atomic mass is 35.5. The van der Waals surface area contributed by atoms with E-state index in [0.717, 1.165) is 0 Å². The molecule has 5 rings (SSSR count). The maximum Gasteiger partial charge on any atom is 0.327 e. The van der Waals surface area contributed by atoms with Gasteiger partial charge in [-0.2, -0.15) is 5.26 Å². The molecule has 1 fully saturated rings. The van der Waals surface area contributed by atoms with Crippen molar-refractivity contribution >= 4 is 35.0 Å². The first-order valence-corrected chi connectivity index (χ1v) is 14.5. The first kappa shape index (κ1) is 29.5. The Morgan fingerprint density at radius 2 is 1.38 bits per heavy atom. The molecule has 0 radical (unpaired) electrons. The van der Waals surface area contributed by atoms with Gasteiger partial charge in [0.15, 0.2) is 11.2 Å². The lowest BCUT2D eigenvalue weighted by molar-refractivity contribution is -0.164. The molecule has 7 heteroatoms. The molecular weight excluding hydrogens is 569 g/mol. The van der Waals surface area contributed by atoms with Crippen molar-refractivity contribution in [2.75, 3.05) is 6.61 Å². The number of Topliss-reactive ketones (excluding diaryl/α,β-unsaturated/α-hetero) is 1. The van der Waals surface area contributed by atoms with Crippen LogP contribution in [0, 0.1) is 22.7 Å². The van der Waals surface area contributed by atoms with E-state index in [4.69, 9.17) is 27.9 Å². The number of rotatable bonds is 7. The van der Waals surface area contributed by atoms with Gasteiger partial charge in [-0.25, -0.2) is 0 Å². The molecule has 1 saturated carbocycles. The van der Waals surface area contributed by atoms with Gasteiger partial charge in [-0.05, 0) is 54.3 Å². The molecule has 1 aliphatic carbocycles. The number of hydrogen-bond acceptors (Lipinski definition) is 5. The Bertz CT molecular complexity index is 1600. The van der Waals surface area contributed by atoms with Gasteiger partial charge in [0.2, 0.25) is 0 Å². The molecule has 1 N–H and O–H groups in total. The van der Waals surface area contributed by atoms with Crippen molar-refractivity contribution in [1.82, 2.24) is 0 Å². The number of carbonyl (C=O) groups is 2. The zero-order valence-electron chi connectivity index (χ0n) is 22.9. The maximum atomic E-state index is 14.6. The third-order valence-corrected chi connectivity index (χ3v) is 8.82. The number of halogens is 2. The van der Waals surface area contributed by atoms with E-state index in [0.29, 0.717) is 32.3 Å². The zero-order chi connectivity index (χ0) is 29.9. The highest BCUT2D eigenvalue weighted by Crippen LogP contribution is 2.63. The van der Waals surface area contributed by atoms with Crippen molar-refractivity contribution < 1.29 is 19.4 Å². The molecule has 4 aromatic carbocycles. The molecule has 5 atom stereocenters. The van der Waals surface area contributed by atoms with Gasteiger partial charge >= 0.3 is 5.97 Å². The summed E-state index contributed by atoms with van der Waals surface area (Å²) in [5.74, 6) is -4.37. The van der Waals surface area contributed by atoms with Gasteiger partial charge in [0.25, 0.3) is 0 Å². The minimum atomic E-state index is -1.90. The number of ketones is 1. The summed E-state index contributed by atoms with van der Waals surface area (Å²) in [6.45, 7) is 1.70. The second kappa shape index (κ2) is 12.1. The van der Waals surface area contributed by atoms with Crippen LogP contribution < -0.4 is 0 Å². The lowest BCUT2D eigenvalue weighted by Gasteiger charge is -2.54. The summed E-state index contributed by atoms with van der Waals surface area (Å²) < 4.78 is 5.63. The van der Waals surface area contributed by atoms with E-state index in [1.807, 2.05) is 6.07 Å². The maximum absolute atomic E-state index is 14.6. The largest absolute Gasteiger partial charge is 0.465 e. The van der Waals surface area contributed by atoms with Crippen LogP contribution in [0.2, 0.25) is 10.0 Å². The highest BCUT2D eigenvalue weighted by Gasteiger charge is 2.67. The van der Waals surface area contributed by atoms with E-state index in [-0.39, 0.29) is 18.8 Å². The zero-order valence-corrected chi connectivity index (χ0v) is 24.4. The molecular formula is C35H29Cl2NO4. The van der Waals surface area contributed by atoms with E-state index < -0.39 is 34.7 Å². The summed E-state index contributed by atoms with van der Waals surface area (Å²) in [5, 5.41) is 25.0. The van der Waals surface area contributed by atoms with Crippen LogP contribution >= 0.6 is 23.2 Å². The molecule has 0 heterocycles. The van der Waals surface area contributed by atoms with Gasteiger partial charge in [-0.15, -0.1) is 0 Å². The molecule has 0 aliphatic heterocycles. The van der Waals surface area contributed by atoms with Crippen molar-refractivity contribution in [2.24, 2.45) is 11.3 Å². The topological polar surface area (TPSA) is 87.4 Å². The minimum absolute atomic E-state index is 0.0309. The first-order valence-electron chi connectivity index (χ1n) is 13.7. The van der Waals surface area contributed by atoms with Crippen LogP contribution in [-0.4, -0.2) is 23.5 Å². The number of hydrogen-bond donors (Lipinski definition) is 1. The predicted octanol–water partition coefficient (Wildman–Crippen LogP) is 7.72. The van der Waals surface area contributed by atoms with Crippen LogP contribution in [0.4, 0.5) is 0 Å². The third kappa shape index (κ3) is 5.12. The van der Waals surface area contributed by atoms with E-state index in [2.05, 4.69) is 6.07 Å². The molecule has 0 unspecified atom stereocenters. The molecule has 4 aromatic rings. The van der Waals surface area contributed by atoms with Crippen LogP contribution in [0.5, 0.6) is 0 Å². The van der Waals surface area contributed by atoms with E-state index >= 15 is 0 Å². The number of carbonyl (C=O) groups excluding carboxylic acids is 2. The van der Waals surface area contributed by atoms with Crippen LogP contribution in [0.15, 0.2) is 109 Å². The Hall–Kier alpha value is -3.95. The molecule has 212 valence electrons. The number of nitriles is 1. The molecule has 42 heavy (non-hydrogen) atoms. The average Bonchev–Trinajstić information content (AvgIpc) is 3.02. The number of ether oxygens (including phenoxy) is 1. The lowest BCUT2D eigenvalue weighted by Crippen LogP contribution is -2.59. The highest BCUT2D eigenvalue weighted by molar-refractivity contribution is 6.30. The van der Waals surface area contributed by atoms with Gasteiger partial charge in [0.05, 0.1) is 18.6 Å². The Morgan fingerprint density at radius 3 is 1.90 bits per heavy atom. The van der Waals surface area contributed by atoms with Gasteiger partial charge < -0.3 is 9.84 Å². The molecule has 1 aliphatic rings. The lowest BCUT2D eigenvalue weighted by atomic mass is 9.47. The van der Waals surface area contributed by atoms with Crippen molar-refractivity contribution in [2.45, 2.75) is 30.8 Å². The van der Waals surface area contributed by atoms with E-state index in [1.165, 1.54) is 0 Å². The fourth-order valence-electron chi connectivity index (χ4n) is 6.44. The Morgan fingerprint density at radius 1 is 0.857 bits per heavy atom. The average molecular weight is 599 g/mol. The summed E-state index contributed by atoms with van der Waals surface area (Å²) in [4.78, 5) is 28.9. The third-order valence-electron chi connectivity index (χ3n) is 8.32. The summed E-state index contributed by atoms with van der Waals surface area (Å²) in [6, 6.07) is 33.5. The van der Waals surface area contributed by atoms with Crippen LogP contribution in [-0.2, 0) is 15.1 Å². The summed E-state index contributed by atoms with van der Waals surface area (Å²) in [6.07, 6.45) is -0.0989. The summed E-state index contributed by atoms with van der Waals surface area (Å²) in [7, 11) is 0. The Kier molecular flexibility index (Phi) is 8.52. The fraction of sp³-hybridized carbons (Fsp3) is 0.229. The molecule has 5 nitrogen and oxygen atoms in total. The molecule has 0 spiro atoms. The van der Waals surface area contributed by atoms with Gasteiger partial charge in [0.1, 0.15) is 5.60 Å². The SMILES string of the molecule is CCOC(=O)[C@@]1(C#N)[C@H](c2ccc(Cl)cc2)C[C@](O)(c2ccccc2)[C@H](C(=O)c2ccccc2)[C@@H]1c1ccc(Cl)cc1. The summed E-state index contributed by atoms with van der Waals surface area (Å²) >= 11 is 12.5. The van der Waals surface area contributed by atoms with Crippen molar-refractivity contribution in [3.8, 4) is 6.07 Å². The van der Waals surface area contributed by atoms with Crippen LogP contribution in [0.3, 0.4) is 0 Å². The van der Waals surface area contributed by atoms with Gasteiger partial charge in [0, 0.05) is 27.4 Å². The molecule has 0 aromatic heterocycles. The van der Waals surface area contributed by atoms with Crippen LogP contribution in [0.1, 0.15) is 52.2 Å². The Labute approximate surface area is 255 Å². The van der Waals surface area contributed by atoms with Gasteiger partial charge in [-0.1, -0.05) is 108 Å². The molecule has 0 saturated heterocycles. The number of nitrogens with zero attached hydrogens (tertiary/aromatic N) is 1. The molecule has 0 amide bonds. The number of aliphatic hydroxyl groups is 1. The fourth-order valence-corrected chi connectivity index (χ4v) is 6.70. The summed E-state index contributed by atoms with van der Waals surface area (Å²) in [5.41, 5.74) is -1.68. The smallest absolute Gasteiger partial charge is 0.327 e. The predicted molar refractivity (Wildman–Crippen MR) is 162 cm³/mol. The standard InChI is InChI=1S/C35H29Cl2NO4/c1-2-42-33(40)34(22-38)29(23-13-17-27(36)18-14-23)21-35(41,26-11-7-4-8-12-26)31(32(39)25-9-5-3-6-10-25)30(34)24-15-19-28(37)20-16-24/h3-20,29-31,41H,2,21H2,1H3/t29-,30-,31-,34-,35-/m0/s1. The molecule has 0 bridgehead atoms.